The topological polar surface area (TPSA) is 92.0 Å². The van der Waals surface area contributed by atoms with Gasteiger partial charge in [0, 0.05) is 11.3 Å². The number of hydrogen-bond donors (Lipinski definition) is 3. The molecule has 0 saturated heterocycles. The summed E-state index contributed by atoms with van der Waals surface area (Å²) in [5, 5.41) is 16.3. The molecule has 7 heteroatoms. The van der Waals surface area contributed by atoms with Crippen molar-refractivity contribution >= 4 is 5.91 Å². The number of H-pyrrole nitrogens is 1. The highest BCUT2D eigenvalue weighted by Gasteiger charge is 2.19. The number of rotatable bonds is 7. The molecule has 0 bridgehead atoms. The summed E-state index contributed by atoms with van der Waals surface area (Å²) in [6.07, 6.45) is 1.36. The van der Waals surface area contributed by atoms with E-state index in [1.165, 1.54) is 18.2 Å². The Morgan fingerprint density at radius 1 is 1.00 bits per heavy atom. The predicted molar refractivity (Wildman–Crippen MR) is 96.4 cm³/mol. The van der Waals surface area contributed by atoms with Gasteiger partial charge in [0.25, 0.3) is 5.91 Å². The van der Waals surface area contributed by atoms with Gasteiger partial charge >= 0.3 is 0 Å². The predicted octanol–water partition coefficient (Wildman–Crippen LogP) is 3.06. The minimum absolute atomic E-state index is 0.0341. The average molecular weight is 371 g/mol. The van der Waals surface area contributed by atoms with Gasteiger partial charge in [-0.2, -0.15) is 5.10 Å². The molecule has 27 heavy (non-hydrogen) atoms. The highest BCUT2D eigenvalue weighted by atomic mass is 19.1. The third kappa shape index (κ3) is 4.31. The zero-order valence-corrected chi connectivity index (χ0v) is 14.5. The Bertz CT molecular complexity index is 932. The van der Waals surface area contributed by atoms with E-state index in [0.717, 1.165) is 5.56 Å². The molecule has 0 aliphatic carbocycles. The molecule has 5 nitrogen and oxygen atoms in total. The Morgan fingerprint density at radius 2 is 1.67 bits per heavy atom. The molecule has 0 saturated carbocycles. The molecule has 140 valence electrons. The Labute approximate surface area is 154 Å². The van der Waals surface area contributed by atoms with Crippen LogP contribution < -0.4 is 5.73 Å². The van der Waals surface area contributed by atoms with Crippen molar-refractivity contribution in [3.05, 3.63) is 82.2 Å². The van der Waals surface area contributed by atoms with Crippen molar-refractivity contribution in [3.8, 4) is 5.75 Å². The monoisotopic (exact) mass is 371 g/mol. The second kappa shape index (κ2) is 7.99. The van der Waals surface area contributed by atoms with E-state index in [9.17, 15) is 18.7 Å². The quantitative estimate of drug-likeness (QED) is 0.596. The summed E-state index contributed by atoms with van der Waals surface area (Å²) in [6.45, 7) is 0. The number of halogens is 2. The van der Waals surface area contributed by atoms with Crippen LogP contribution >= 0.6 is 0 Å². The summed E-state index contributed by atoms with van der Waals surface area (Å²) >= 11 is 0. The average Bonchev–Trinajstić information content (AvgIpc) is 3.04. The van der Waals surface area contributed by atoms with E-state index in [1.807, 2.05) is 0 Å². The molecule has 2 aromatic carbocycles. The van der Waals surface area contributed by atoms with Crippen LogP contribution in [0.1, 0.15) is 32.9 Å². The van der Waals surface area contributed by atoms with Crippen molar-refractivity contribution in [2.24, 2.45) is 5.73 Å². The van der Waals surface area contributed by atoms with Gasteiger partial charge in [-0.05, 0) is 55.5 Å². The van der Waals surface area contributed by atoms with Crippen LogP contribution in [0.3, 0.4) is 0 Å². The maximum atomic E-state index is 13.8. The van der Waals surface area contributed by atoms with Gasteiger partial charge in [-0.1, -0.05) is 18.2 Å². The van der Waals surface area contributed by atoms with E-state index in [2.05, 4.69) is 10.2 Å². The first-order chi connectivity index (χ1) is 13.0. The summed E-state index contributed by atoms with van der Waals surface area (Å²) in [5.41, 5.74) is 7.68. The van der Waals surface area contributed by atoms with Gasteiger partial charge in [0.1, 0.15) is 17.4 Å². The molecule has 0 radical (unpaired) electrons. The molecule has 0 aliphatic heterocycles. The minimum atomic E-state index is -0.631. The van der Waals surface area contributed by atoms with Crippen molar-refractivity contribution in [2.75, 3.05) is 0 Å². The van der Waals surface area contributed by atoms with Gasteiger partial charge in [0.2, 0.25) is 0 Å². The molecule has 0 aliphatic rings. The number of aromatic hydroxyl groups is 1. The number of aromatic nitrogens is 2. The summed E-state index contributed by atoms with van der Waals surface area (Å²) in [6, 6.07) is 10.4. The summed E-state index contributed by atoms with van der Waals surface area (Å²) < 4.78 is 27.6. The van der Waals surface area contributed by atoms with Crippen molar-refractivity contribution in [3.63, 3.8) is 0 Å². The first kappa shape index (κ1) is 18.6. The Kier molecular flexibility index (Phi) is 5.49. The number of nitrogens with one attached hydrogen (secondary N) is 1. The lowest BCUT2D eigenvalue weighted by molar-refractivity contribution is 0.0998. The Morgan fingerprint density at radius 3 is 2.30 bits per heavy atom. The maximum Gasteiger partial charge on any atom is 0.252 e. The van der Waals surface area contributed by atoms with Gasteiger partial charge in [-0.15, -0.1) is 0 Å². The summed E-state index contributed by atoms with van der Waals surface area (Å²) in [7, 11) is 0. The standard InChI is InChI=1S/C20H19F2N3O2/c21-15-2-1-3-16(22)14(15)9-11-18-19(20(23)27)17(24-25-18)10-6-12-4-7-13(26)8-5-12/h1-5,7-8,26H,6,9-11H2,(H2,23,27)(H,24,25). The number of nitrogens with zero attached hydrogens (tertiary/aromatic N) is 1. The Balaban J connectivity index is 1.75. The van der Waals surface area contributed by atoms with Gasteiger partial charge in [0.15, 0.2) is 0 Å². The van der Waals surface area contributed by atoms with Crippen molar-refractivity contribution in [1.29, 1.82) is 0 Å². The number of carbonyl (C=O) groups excluding carboxylic acids is 1. The van der Waals surface area contributed by atoms with Crippen LogP contribution in [0.5, 0.6) is 5.75 Å². The smallest absolute Gasteiger partial charge is 0.252 e. The number of primary amides is 1. The number of amides is 1. The van der Waals surface area contributed by atoms with Crippen LogP contribution in [-0.2, 0) is 25.7 Å². The first-order valence-electron chi connectivity index (χ1n) is 8.52. The van der Waals surface area contributed by atoms with E-state index >= 15 is 0 Å². The van der Waals surface area contributed by atoms with Crippen molar-refractivity contribution < 1.29 is 18.7 Å². The second-order valence-electron chi connectivity index (χ2n) is 6.25. The first-order valence-corrected chi connectivity index (χ1v) is 8.52. The third-order valence-corrected chi connectivity index (χ3v) is 4.44. The molecule has 1 amide bonds. The normalized spacial score (nSPS) is 10.9. The number of carbonyl (C=O) groups is 1. The lowest BCUT2D eigenvalue weighted by Crippen LogP contribution is -2.16. The summed E-state index contributed by atoms with van der Waals surface area (Å²) in [4.78, 5) is 11.9. The van der Waals surface area contributed by atoms with Crippen LogP contribution in [0.2, 0.25) is 0 Å². The van der Waals surface area contributed by atoms with Crippen LogP contribution in [0.25, 0.3) is 0 Å². The second-order valence-corrected chi connectivity index (χ2v) is 6.25. The number of benzene rings is 2. The Hall–Kier alpha value is -3.22. The number of aromatic amines is 1. The molecule has 0 atom stereocenters. The fraction of sp³-hybridized carbons (Fsp3) is 0.200. The summed E-state index contributed by atoms with van der Waals surface area (Å²) in [5.74, 6) is -1.70. The van der Waals surface area contributed by atoms with Crippen LogP contribution in [0.15, 0.2) is 42.5 Å². The lowest BCUT2D eigenvalue weighted by atomic mass is 10.0. The van der Waals surface area contributed by atoms with Gasteiger partial charge < -0.3 is 10.8 Å². The van der Waals surface area contributed by atoms with Crippen LogP contribution in [0, 0.1) is 11.6 Å². The van der Waals surface area contributed by atoms with Crippen LogP contribution in [-0.4, -0.2) is 21.2 Å². The van der Waals surface area contributed by atoms with E-state index < -0.39 is 17.5 Å². The largest absolute Gasteiger partial charge is 0.508 e. The zero-order chi connectivity index (χ0) is 19.4. The van der Waals surface area contributed by atoms with Gasteiger partial charge in [-0.25, -0.2) is 8.78 Å². The van der Waals surface area contributed by atoms with Crippen molar-refractivity contribution in [1.82, 2.24) is 10.2 Å². The number of phenols is 1. The van der Waals surface area contributed by atoms with E-state index in [-0.39, 0.29) is 29.7 Å². The third-order valence-electron chi connectivity index (χ3n) is 4.44. The SMILES string of the molecule is NC(=O)c1c(CCc2ccc(O)cc2)n[nH]c1CCc1c(F)cccc1F. The molecule has 0 unspecified atom stereocenters. The molecule has 4 N–H and O–H groups in total. The number of hydrogen-bond acceptors (Lipinski definition) is 3. The van der Waals surface area contributed by atoms with E-state index in [4.69, 9.17) is 5.73 Å². The molecule has 1 aromatic heterocycles. The fourth-order valence-corrected chi connectivity index (χ4v) is 3.02. The number of nitrogens with two attached hydrogens (primary N) is 1. The van der Waals surface area contributed by atoms with Gasteiger partial charge in [0.05, 0.1) is 11.3 Å². The maximum absolute atomic E-state index is 13.8. The zero-order valence-electron chi connectivity index (χ0n) is 14.5. The van der Waals surface area contributed by atoms with E-state index in [0.29, 0.717) is 24.2 Å². The highest BCUT2D eigenvalue weighted by Crippen LogP contribution is 2.19. The van der Waals surface area contributed by atoms with Gasteiger partial charge in [-0.3, -0.25) is 9.89 Å². The minimum Gasteiger partial charge on any atom is -0.508 e. The fourth-order valence-electron chi connectivity index (χ4n) is 3.02. The van der Waals surface area contributed by atoms with E-state index in [1.54, 1.807) is 24.3 Å². The lowest BCUT2D eigenvalue weighted by Gasteiger charge is -2.06. The molecule has 3 aromatic rings. The molecule has 0 spiro atoms. The molecule has 1 heterocycles. The molecular weight excluding hydrogens is 352 g/mol. The van der Waals surface area contributed by atoms with Crippen molar-refractivity contribution in [2.45, 2.75) is 25.7 Å². The molecule has 3 rings (SSSR count). The number of aryl methyl sites for hydroxylation is 3. The highest BCUT2D eigenvalue weighted by molar-refractivity contribution is 5.95. The molecule has 0 fully saturated rings. The van der Waals surface area contributed by atoms with Crippen LogP contribution in [0.4, 0.5) is 8.78 Å². The number of phenolic OH excluding ortho intramolecular Hbond substituents is 1. The molecular formula is C20H19F2N3O2.